The minimum Gasteiger partial charge on any atom is -0.366 e. The quantitative estimate of drug-likeness (QED) is 0.891. The molecule has 3 unspecified atom stereocenters. The number of para-hydroxylation sites is 1. The van der Waals surface area contributed by atoms with E-state index < -0.39 is 0 Å². The monoisotopic (exact) mass is 278 g/mol. The molecule has 1 saturated heterocycles. The Kier molecular flexibility index (Phi) is 5.03. The smallest absolute Gasteiger partial charge is 0.146 e. The molecule has 1 aliphatic heterocycles. The standard InChI is InChI=1S/C17H27FN2/c1-5-19-14(4)15-7-6-8-16(18)17(15)20-10-9-12(2)11-13(20)3/h6-8,12-14,19H,5,9-11H2,1-4H3. The van der Waals surface area contributed by atoms with Gasteiger partial charge in [0.2, 0.25) is 0 Å². The molecule has 1 heterocycles. The summed E-state index contributed by atoms with van der Waals surface area (Å²) in [6.07, 6.45) is 2.29. The lowest BCUT2D eigenvalue weighted by Gasteiger charge is -2.40. The van der Waals surface area contributed by atoms with Crippen LogP contribution in [0.3, 0.4) is 0 Å². The van der Waals surface area contributed by atoms with Gasteiger partial charge in [0, 0.05) is 18.6 Å². The van der Waals surface area contributed by atoms with Crippen molar-refractivity contribution in [2.24, 2.45) is 5.92 Å². The lowest BCUT2D eigenvalue weighted by Crippen LogP contribution is -2.41. The summed E-state index contributed by atoms with van der Waals surface area (Å²) in [5.41, 5.74) is 1.88. The average Bonchev–Trinajstić information content (AvgIpc) is 2.40. The normalized spacial score (nSPS) is 24.8. The summed E-state index contributed by atoms with van der Waals surface area (Å²) in [6.45, 7) is 10.5. The van der Waals surface area contributed by atoms with Gasteiger partial charge in [0.15, 0.2) is 0 Å². The predicted octanol–water partition coefficient (Wildman–Crippen LogP) is 4.12. The number of hydrogen-bond acceptors (Lipinski definition) is 2. The average molecular weight is 278 g/mol. The van der Waals surface area contributed by atoms with Gasteiger partial charge in [-0.3, -0.25) is 0 Å². The van der Waals surface area contributed by atoms with Crippen LogP contribution in [0.5, 0.6) is 0 Å². The number of rotatable bonds is 4. The molecule has 0 saturated carbocycles. The Balaban J connectivity index is 2.34. The van der Waals surface area contributed by atoms with Crippen molar-refractivity contribution in [3.8, 4) is 0 Å². The fourth-order valence-corrected chi connectivity index (χ4v) is 3.34. The number of halogens is 1. The molecule has 20 heavy (non-hydrogen) atoms. The number of anilines is 1. The molecule has 0 aliphatic carbocycles. The maximum absolute atomic E-state index is 14.4. The van der Waals surface area contributed by atoms with Crippen LogP contribution in [0.15, 0.2) is 18.2 Å². The summed E-state index contributed by atoms with van der Waals surface area (Å²) in [4.78, 5) is 2.26. The van der Waals surface area contributed by atoms with Gasteiger partial charge >= 0.3 is 0 Å². The number of hydrogen-bond donors (Lipinski definition) is 1. The summed E-state index contributed by atoms with van der Waals surface area (Å²) in [5, 5.41) is 3.40. The van der Waals surface area contributed by atoms with E-state index in [1.165, 1.54) is 0 Å². The van der Waals surface area contributed by atoms with Crippen LogP contribution in [0.1, 0.15) is 52.1 Å². The zero-order valence-corrected chi connectivity index (χ0v) is 13.1. The lowest BCUT2D eigenvalue weighted by molar-refractivity contribution is 0.373. The van der Waals surface area contributed by atoms with Crippen LogP contribution >= 0.6 is 0 Å². The van der Waals surface area contributed by atoms with E-state index in [1.807, 2.05) is 6.07 Å². The highest BCUT2D eigenvalue weighted by atomic mass is 19.1. The Labute approximate surface area is 122 Å². The van der Waals surface area contributed by atoms with Crippen molar-refractivity contribution in [3.05, 3.63) is 29.6 Å². The first-order valence-corrected chi connectivity index (χ1v) is 7.83. The minimum absolute atomic E-state index is 0.0892. The Morgan fingerprint density at radius 1 is 1.40 bits per heavy atom. The van der Waals surface area contributed by atoms with Crippen molar-refractivity contribution in [3.63, 3.8) is 0 Å². The van der Waals surface area contributed by atoms with Crippen molar-refractivity contribution in [1.29, 1.82) is 0 Å². The van der Waals surface area contributed by atoms with Gasteiger partial charge in [0.25, 0.3) is 0 Å². The van der Waals surface area contributed by atoms with Crippen LogP contribution in [0.4, 0.5) is 10.1 Å². The van der Waals surface area contributed by atoms with E-state index in [0.29, 0.717) is 6.04 Å². The van der Waals surface area contributed by atoms with Crippen molar-refractivity contribution >= 4 is 5.69 Å². The van der Waals surface area contributed by atoms with Crippen molar-refractivity contribution in [2.75, 3.05) is 18.0 Å². The third-order valence-corrected chi connectivity index (χ3v) is 4.42. The van der Waals surface area contributed by atoms with E-state index in [9.17, 15) is 4.39 Å². The van der Waals surface area contributed by atoms with Crippen LogP contribution in [0, 0.1) is 11.7 Å². The first kappa shape index (κ1) is 15.3. The predicted molar refractivity (Wildman–Crippen MR) is 83.7 cm³/mol. The van der Waals surface area contributed by atoms with E-state index in [0.717, 1.165) is 43.1 Å². The maximum atomic E-state index is 14.4. The van der Waals surface area contributed by atoms with Crippen molar-refractivity contribution < 1.29 is 4.39 Å². The van der Waals surface area contributed by atoms with E-state index in [-0.39, 0.29) is 11.9 Å². The molecule has 0 aromatic heterocycles. The Hall–Kier alpha value is -1.09. The van der Waals surface area contributed by atoms with Gasteiger partial charge in [-0.25, -0.2) is 4.39 Å². The molecule has 0 bridgehead atoms. The number of piperidine rings is 1. The second-order valence-electron chi connectivity index (χ2n) is 6.13. The Bertz CT molecular complexity index is 447. The van der Waals surface area contributed by atoms with Crippen LogP contribution in [-0.2, 0) is 0 Å². The summed E-state index contributed by atoms with van der Waals surface area (Å²) in [7, 11) is 0. The van der Waals surface area contributed by atoms with Gasteiger partial charge in [-0.2, -0.15) is 0 Å². The SMILES string of the molecule is CCNC(C)c1cccc(F)c1N1CCC(C)CC1C. The number of benzene rings is 1. The molecule has 0 spiro atoms. The van der Waals surface area contributed by atoms with E-state index in [4.69, 9.17) is 0 Å². The molecule has 3 atom stereocenters. The third kappa shape index (κ3) is 3.14. The summed E-state index contributed by atoms with van der Waals surface area (Å²) < 4.78 is 14.4. The van der Waals surface area contributed by atoms with Crippen LogP contribution in [0.25, 0.3) is 0 Å². The zero-order chi connectivity index (χ0) is 14.7. The summed E-state index contributed by atoms with van der Waals surface area (Å²) in [5.74, 6) is 0.649. The maximum Gasteiger partial charge on any atom is 0.146 e. The van der Waals surface area contributed by atoms with Gasteiger partial charge in [0.05, 0.1) is 5.69 Å². The Morgan fingerprint density at radius 3 is 2.80 bits per heavy atom. The highest BCUT2D eigenvalue weighted by Gasteiger charge is 2.27. The van der Waals surface area contributed by atoms with Crippen LogP contribution in [-0.4, -0.2) is 19.1 Å². The van der Waals surface area contributed by atoms with E-state index in [1.54, 1.807) is 6.07 Å². The molecule has 0 amide bonds. The first-order chi connectivity index (χ1) is 9.54. The molecule has 1 N–H and O–H groups in total. The van der Waals surface area contributed by atoms with Gasteiger partial charge < -0.3 is 10.2 Å². The molecule has 2 rings (SSSR count). The highest BCUT2D eigenvalue weighted by molar-refractivity contribution is 5.57. The molecular formula is C17H27FN2. The number of nitrogens with zero attached hydrogens (tertiary/aromatic N) is 1. The fourth-order valence-electron chi connectivity index (χ4n) is 3.34. The summed E-state index contributed by atoms with van der Waals surface area (Å²) in [6, 6.07) is 6.04. The highest BCUT2D eigenvalue weighted by Crippen LogP contribution is 2.34. The third-order valence-electron chi connectivity index (χ3n) is 4.42. The molecule has 3 heteroatoms. The topological polar surface area (TPSA) is 15.3 Å². The van der Waals surface area contributed by atoms with Gasteiger partial charge in [0.1, 0.15) is 5.82 Å². The van der Waals surface area contributed by atoms with E-state index in [2.05, 4.69) is 44.0 Å². The second-order valence-corrected chi connectivity index (χ2v) is 6.13. The minimum atomic E-state index is -0.0892. The van der Waals surface area contributed by atoms with Gasteiger partial charge in [-0.15, -0.1) is 0 Å². The largest absolute Gasteiger partial charge is 0.366 e. The molecule has 1 aliphatic rings. The Morgan fingerprint density at radius 2 is 2.15 bits per heavy atom. The second kappa shape index (κ2) is 6.57. The molecule has 1 aromatic rings. The van der Waals surface area contributed by atoms with Crippen molar-refractivity contribution in [1.82, 2.24) is 5.32 Å². The van der Waals surface area contributed by atoms with Gasteiger partial charge in [-0.1, -0.05) is 26.0 Å². The first-order valence-electron chi connectivity index (χ1n) is 7.83. The van der Waals surface area contributed by atoms with Crippen LogP contribution < -0.4 is 10.2 Å². The molecule has 1 aromatic carbocycles. The summed E-state index contributed by atoms with van der Waals surface area (Å²) >= 11 is 0. The van der Waals surface area contributed by atoms with Crippen LogP contribution in [0.2, 0.25) is 0 Å². The molecule has 112 valence electrons. The molecule has 1 fully saturated rings. The molecule has 0 radical (unpaired) electrons. The van der Waals surface area contributed by atoms with Crippen molar-refractivity contribution in [2.45, 2.75) is 52.6 Å². The van der Waals surface area contributed by atoms with Gasteiger partial charge in [-0.05, 0) is 50.8 Å². The molecular weight excluding hydrogens is 251 g/mol. The zero-order valence-electron chi connectivity index (χ0n) is 13.1. The lowest BCUT2D eigenvalue weighted by atomic mass is 9.91. The molecule has 2 nitrogen and oxygen atoms in total. The van der Waals surface area contributed by atoms with E-state index >= 15 is 0 Å². The number of nitrogens with one attached hydrogen (secondary N) is 1. The fraction of sp³-hybridized carbons (Fsp3) is 0.647.